The molecular formula is C40H52F3N5O9S. The molecule has 0 unspecified atom stereocenters. The number of ether oxygens (including phenoxy) is 2. The number of benzene rings is 1. The number of nitrogens with one attached hydrogen (secondary N) is 2. The first-order chi connectivity index (χ1) is 27.2. The minimum atomic E-state index is -5.09. The molecule has 2 aromatic rings. The maximum absolute atomic E-state index is 15.0. The number of hydrogen-bond donors (Lipinski definition) is 3. The summed E-state index contributed by atoms with van der Waals surface area (Å²) in [4.78, 5) is 61.9. The van der Waals surface area contributed by atoms with Crippen LogP contribution in [0.4, 0.5) is 18.0 Å². The van der Waals surface area contributed by atoms with Gasteiger partial charge in [-0.05, 0) is 76.7 Å². The molecule has 2 saturated carbocycles. The number of carbonyl (C=O) groups excluding carboxylic acids is 3. The predicted octanol–water partition coefficient (Wildman–Crippen LogP) is 5.56. The van der Waals surface area contributed by atoms with E-state index in [4.69, 9.17) is 9.47 Å². The number of amides is 4. The van der Waals surface area contributed by atoms with Gasteiger partial charge in [-0.1, -0.05) is 51.1 Å². The highest BCUT2D eigenvalue weighted by molar-refractivity contribution is 7.91. The van der Waals surface area contributed by atoms with Crippen LogP contribution in [0, 0.1) is 17.8 Å². The van der Waals surface area contributed by atoms with Crippen LogP contribution < -0.4 is 19.5 Å². The minimum Gasteiger partial charge on any atom is -0.491 e. The van der Waals surface area contributed by atoms with Crippen molar-refractivity contribution < 1.29 is 55.3 Å². The average molecular weight is 836 g/mol. The first-order valence-electron chi connectivity index (χ1n) is 19.8. The second-order valence-corrected chi connectivity index (χ2v) is 18.7. The Labute approximate surface area is 335 Å². The highest BCUT2D eigenvalue weighted by Crippen LogP contribution is 2.47. The van der Waals surface area contributed by atoms with Crippen molar-refractivity contribution in [1.29, 1.82) is 0 Å². The largest absolute Gasteiger partial charge is 0.491 e. The smallest absolute Gasteiger partial charge is 0.411 e. The van der Waals surface area contributed by atoms with Crippen molar-refractivity contribution in [1.82, 2.24) is 24.8 Å². The number of carboxylic acid groups (broad SMARTS) is 1. The van der Waals surface area contributed by atoms with Crippen molar-refractivity contribution in [3.05, 3.63) is 42.6 Å². The van der Waals surface area contributed by atoms with E-state index in [-0.39, 0.29) is 42.5 Å². The summed E-state index contributed by atoms with van der Waals surface area (Å²) in [5, 5.41) is 13.7. The molecular weight excluding hydrogens is 784 g/mol. The molecule has 0 bridgehead atoms. The molecule has 3 fully saturated rings. The quantitative estimate of drug-likeness (QED) is 0.256. The summed E-state index contributed by atoms with van der Waals surface area (Å²) in [5.41, 5.74) is -4.73. The van der Waals surface area contributed by atoms with Crippen LogP contribution in [0.5, 0.6) is 11.6 Å². The van der Waals surface area contributed by atoms with Crippen LogP contribution >= 0.6 is 0 Å². The van der Waals surface area contributed by atoms with E-state index in [2.05, 4.69) is 15.0 Å². The normalized spacial score (nSPS) is 28.9. The van der Waals surface area contributed by atoms with Gasteiger partial charge < -0.3 is 24.8 Å². The van der Waals surface area contributed by atoms with Crippen molar-refractivity contribution in [3.63, 3.8) is 0 Å². The number of rotatable bonds is 10. The van der Waals surface area contributed by atoms with Crippen molar-refractivity contribution in [2.75, 3.05) is 13.2 Å². The molecule has 2 aliphatic carbocycles. The number of halogens is 3. The third kappa shape index (κ3) is 8.57. The molecule has 58 heavy (non-hydrogen) atoms. The minimum absolute atomic E-state index is 0.0615. The summed E-state index contributed by atoms with van der Waals surface area (Å²) in [6, 6.07) is 3.78. The van der Waals surface area contributed by atoms with E-state index in [1.54, 1.807) is 24.3 Å². The Kier molecular flexibility index (Phi) is 12.0. The first kappa shape index (κ1) is 43.0. The highest BCUT2D eigenvalue weighted by Gasteiger charge is 2.63. The molecule has 1 saturated heterocycles. The monoisotopic (exact) mass is 835 g/mol. The molecule has 0 radical (unpaired) electrons. The SMILES string of the molecule is CCCOc1cnc(O[C@@H]2C[C@H]3C(=O)N[C@]4(C(=O)NS(=O)(=O)C5CC5)C[C@H]4/C=C\CC[C@@H](C)C[C@@H](C)[C@H](N(C(=O)O)C(C)(C)C(F)(F)F)C(=O)N3C2)c2ccccc12. The number of sulfonamides is 1. The summed E-state index contributed by atoms with van der Waals surface area (Å²) < 4.78 is 84.3. The molecule has 2 aliphatic heterocycles. The topological polar surface area (TPSA) is 185 Å². The molecule has 1 aromatic carbocycles. The number of fused-ring (bicyclic) bond motifs is 3. The van der Waals surface area contributed by atoms with Gasteiger partial charge in [0.1, 0.15) is 35.0 Å². The number of pyridine rings is 1. The zero-order valence-corrected chi connectivity index (χ0v) is 34.1. The van der Waals surface area contributed by atoms with E-state index in [9.17, 15) is 45.9 Å². The molecule has 6 rings (SSSR count). The fourth-order valence-electron chi connectivity index (χ4n) is 8.20. The Morgan fingerprint density at radius 2 is 1.79 bits per heavy atom. The van der Waals surface area contributed by atoms with E-state index in [0.717, 1.165) is 11.3 Å². The van der Waals surface area contributed by atoms with Crippen LogP contribution in [-0.2, 0) is 24.4 Å². The maximum atomic E-state index is 15.0. The van der Waals surface area contributed by atoms with Gasteiger partial charge in [0, 0.05) is 23.1 Å². The lowest BCUT2D eigenvalue weighted by Crippen LogP contribution is -2.66. The summed E-state index contributed by atoms with van der Waals surface area (Å²) in [6.07, 6.45) is -0.475. The van der Waals surface area contributed by atoms with Crippen LogP contribution in [0.1, 0.15) is 86.0 Å². The van der Waals surface area contributed by atoms with Crippen LogP contribution in [0.25, 0.3) is 10.8 Å². The molecule has 3 heterocycles. The van der Waals surface area contributed by atoms with Crippen LogP contribution in [-0.4, -0.2) is 106 Å². The van der Waals surface area contributed by atoms with Crippen molar-refractivity contribution in [2.45, 2.75) is 127 Å². The summed E-state index contributed by atoms with van der Waals surface area (Å²) in [7, 11) is -4.02. The van der Waals surface area contributed by atoms with Crippen molar-refractivity contribution >= 4 is 44.6 Å². The Morgan fingerprint density at radius 3 is 2.43 bits per heavy atom. The van der Waals surface area contributed by atoms with E-state index >= 15 is 0 Å². The third-order valence-corrected chi connectivity index (χ3v) is 13.6. The summed E-state index contributed by atoms with van der Waals surface area (Å²) in [6.45, 7) is 6.81. The van der Waals surface area contributed by atoms with Crippen molar-refractivity contribution in [3.8, 4) is 11.6 Å². The van der Waals surface area contributed by atoms with Gasteiger partial charge in [0.25, 0.3) is 5.91 Å². The number of alkyl halides is 3. The Morgan fingerprint density at radius 1 is 1.10 bits per heavy atom. The molecule has 4 aliphatic rings. The standard InChI is InChI=1S/C40H52F3N5O9S/c1-6-17-56-31-21-44-34(29-14-10-9-13-28(29)31)57-26-19-30-33(49)45-39(36(51)46-58(54,55)27-15-16-27)20-25(39)12-8-7-11-23(2)18-24(3)32(35(50)47(30)22-26)48(37(52)53)38(4,5)40(41,42)43/h8-10,12-14,21,23-27,30,32H,6-7,11,15-20,22H2,1-5H3,(H,45,49)(H,46,51)(H,52,53)/b12-8-/t23-,24-,25-,26-,30+,32+,39-/m1/s1. The lowest BCUT2D eigenvalue weighted by Gasteiger charge is -2.45. The fraction of sp³-hybridized carbons (Fsp3) is 0.625. The number of carbonyl (C=O) groups is 4. The number of hydrogen-bond acceptors (Lipinski definition) is 9. The number of allylic oxidation sites excluding steroid dienone is 1. The van der Waals surface area contributed by atoms with Gasteiger partial charge in [-0.15, -0.1) is 0 Å². The predicted molar refractivity (Wildman–Crippen MR) is 206 cm³/mol. The molecule has 7 atom stereocenters. The van der Waals surface area contributed by atoms with Gasteiger partial charge >= 0.3 is 12.3 Å². The van der Waals surface area contributed by atoms with Crippen LogP contribution in [0.2, 0.25) is 0 Å². The van der Waals surface area contributed by atoms with Crippen LogP contribution in [0.3, 0.4) is 0 Å². The van der Waals surface area contributed by atoms with Gasteiger partial charge in [-0.3, -0.25) is 24.0 Å². The number of aromatic nitrogens is 1. The maximum Gasteiger partial charge on any atom is 0.411 e. The second-order valence-electron chi connectivity index (χ2n) is 16.7. The zero-order valence-electron chi connectivity index (χ0n) is 33.3. The number of nitrogens with zero attached hydrogens (tertiary/aromatic N) is 3. The van der Waals surface area contributed by atoms with Gasteiger partial charge in [0.15, 0.2) is 0 Å². The summed E-state index contributed by atoms with van der Waals surface area (Å²) >= 11 is 0. The molecule has 0 spiro atoms. The Bertz CT molecular complexity index is 2060. The molecule has 318 valence electrons. The van der Waals surface area contributed by atoms with Gasteiger partial charge in [-0.2, -0.15) is 13.2 Å². The summed E-state index contributed by atoms with van der Waals surface area (Å²) in [5.74, 6) is -3.92. The molecule has 4 amide bonds. The third-order valence-electron chi connectivity index (χ3n) is 11.8. The van der Waals surface area contributed by atoms with Gasteiger partial charge in [0.05, 0.1) is 24.6 Å². The van der Waals surface area contributed by atoms with Crippen molar-refractivity contribution in [2.24, 2.45) is 17.8 Å². The highest BCUT2D eigenvalue weighted by atomic mass is 32.2. The lowest BCUT2D eigenvalue weighted by molar-refractivity contribution is -0.222. The van der Waals surface area contributed by atoms with E-state index in [1.165, 1.54) is 13.1 Å². The average Bonchev–Trinajstić information content (AvgIpc) is 4.07. The van der Waals surface area contributed by atoms with E-state index < -0.39 is 86.4 Å². The van der Waals surface area contributed by atoms with Gasteiger partial charge in [0.2, 0.25) is 27.7 Å². The van der Waals surface area contributed by atoms with Gasteiger partial charge in [-0.25, -0.2) is 18.2 Å². The molecule has 3 N–H and O–H groups in total. The molecule has 14 nitrogen and oxygen atoms in total. The van der Waals surface area contributed by atoms with E-state index in [0.29, 0.717) is 62.7 Å². The Hall–Kier alpha value is -4.61. The van der Waals surface area contributed by atoms with Crippen LogP contribution in [0.15, 0.2) is 42.6 Å². The Balaban J connectivity index is 1.42. The first-order valence-corrected chi connectivity index (χ1v) is 21.4. The fourth-order valence-corrected chi connectivity index (χ4v) is 9.57. The van der Waals surface area contributed by atoms with E-state index in [1.807, 2.05) is 26.0 Å². The molecule has 1 aromatic heterocycles. The lowest BCUT2D eigenvalue weighted by atomic mass is 9.85. The molecule has 18 heteroatoms. The second kappa shape index (κ2) is 16.2. The zero-order chi connectivity index (χ0) is 42.4.